The monoisotopic (exact) mass is 344 g/mol. The minimum Gasteiger partial charge on any atom is -0.389 e. The van der Waals surface area contributed by atoms with Gasteiger partial charge >= 0.3 is 6.03 Å². The summed E-state index contributed by atoms with van der Waals surface area (Å²) < 4.78 is 5.80. The molecule has 2 atom stereocenters. The van der Waals surface area contributed by atoms with Crippen LogP contribution in [-0.4, -0.2) is 43.5 Å². The molecule has 0 fully saturated rings. The maximum Gasteiger partial charge on any atom is 0.315 e. The molecule has 0 saturated carbocycles. The third-order valence-electron chi connectivity index (χ3n) is 2.67. The molecule has 0 aliphatic carbocycles. The van der Waals surface area contributed by atoms with Gasteiger partial charge in [0, 0.05) is 24.2 Å². The van der Waals surface area contributed by atoms with Gasteiger partial charge in [0.05, 0.1) is 12.7 Å². The van der Waals surface area contributed by atoms with Crippen LogP contribution in [0.2, 0.25) is 0 Å². The van der Waals surface area contributed by atoms with Gasteiger partial charge in [0.15, 0.2) is 0 Å². The Morgan fingerprint density at radius 2 is 2.25 bits per heavy atom. The first-order valence-corrected chi connectivity index (χ1v) is 7.26. The lowest BCUT2D eigenvalue weighted by Crippen LogP contribution is -2.44. The fourth-order valence-electron chi connectivity index (χ4n) is 1.81. The molecule has 1 rings (SSSR count). The second kappa shape index (κ2) is 8.94. The molecule has 112 valence electrons. The maximum atomic E-state index is 11.6. The van der Waals surface area contributed by atoms with Gasteiger partial charge in [-0.15, -0.1) is 0 Å². The van der Waals surface area contributed by atoms with E-state index >= 15 is 0 Å². The van der Waals surface area contributed by atoms with E-state index in [0.717, 1.165) is 16.5 Å². The van der Waals surface area contributed by atoms with Crippen LogP contribution < -0.4 is 10.6 Å². The Bertz CT molecular complexity index is 429. The topological polar surface area (TPSA) is 70.6 Å². The van der Waals surface area contributed by atoms with E-state index in [-0.39, 0.29) is 25.2 Å². The Morgan fingerprint density at radius 3 is 2.90 bits per heavy atom. The van der Waals surface area contributed by atoms with Gasteiger partial charge in [0.25, 0.3) is 0 Å². The van der Waals surface area contributed by atoms with Crippen molar-refractivity contribution >= 4 is 22.0 Å². The molecule has 0 heterocycles. The van der Waals surface area contributed by atoms with Gasteiger partial charge in [-0.05, 0) is 31.0 Å². The number of aliphatic hydroxyl groups is 1. The summed E-state index contributed by atoms with van der Waals surface area (Å²) in [5.74, 6) is 0. The number of aliphatic hydroxyl groups excluding tert-OH is 1. The van der Waals surface area contributed by atoms with Crippen LogP contribution in [0.25, 0.3) is 0 Å². The second-order valence-electron chi connectivity index (χ2n) is 4.70. The molecule has 0 aliphatic heterocycles. The SMILES string of the molecule is COC[C@@H](O)CNC(=O)NC(C)Cc1cccc(Br)c1. The first-order chi connectivity index (χ1) is 9.51. The van der Waals surface area contributed by atoms with Gasteiger partial charge in [-0.25, -0.2) is 4.79 Å². The summed E-state index contributed by atoms with van der Waals surface area (Å²) in [4.78, 5) is 11.6. The minimum atomic E-state index is -0.689. The van der Waals surface area contributed by atoms with Crippen LogP contribution >= 0.6 is 15.9 Å². The van der Waals surface area contributed by atoms with Crippen LogP contribution in [-0.2, 0) is 11.2 Å². The Labute approximate surface area is 127 Å². The molecular weight excluding hydrogens is 324 g/mol. The summed E-state index contributed by atoms with van der Waals surface area (Å²) in [7, 11) is 1.50. The highest BCUT2D eigenvalue weighted by Crippen LogP contribution is 2.12. The number of ether oxygens (including phenoxy) is 1. The van der Waals surface area contributed by atoms with Gasteiger partial charge in [0.1, 0.15) is 0 Å². The maximum absolute atomic E-state index is 11.6. The zero-order valence-corrected chi connectivity index (χ0v) is 13.3. The van der Waals surface area contributed by atoms with E-state index in [4.69, 9.17) is 4.74 Å². The zero-order valence-electron chi connectivity index (χ0n) is 11.7. The normalized spacial score (nSPS) is 13.6. The Kier molecular flexibility index (Phi) is 7.58. The van der Waals surface area contributed by atoms with Gasteiger partial charge in [-0.2, -0.15) is 0 Å². The average molecular weight is 345 g/mol. The minimum absolute atomic E-state index is 0.00358. The van der Waals surface area contributed by atoms with Crippen molar-refractivity contribution in [3.63, 3.8) is 0 Å². The third kappa shape index (κ3) is 6.88. The molecule has 0 saturated heterocycles. The van der Waals surface area contributed by atoms with Crippen molar-refractivity contribution < 1.29 is 14.6 Å². The van der Waals surface area contributed by atoms with E-state index in [1.165, 1.54) is 7.11 Å². The van der Waals surface area contributed by atoms with Crippen LogP contribution in [0.5, 0.6) is 0 Å². The summed E-state index contributed by atoms with van der Waals surface area (Å²) in [5.41, 5.74) is 1.14. The lowest BCUT2D eigenvalue weighted by Gasteiger charge is -2.16. The van der Waals surface area contributed by atoms with E-state index < -0.39 is 6.10 Å². The second-order valence-corrected chi connectivity index (χ2v) is 5.61. The van der Waals surface area contributed by atoms with Crippen molar-refractivity contribution in [2.75, 3.05) is 20.3 Å². The summed E-state index contributed by atoms with van der Waals surface area (Å²) in [6, 6.07) is 7.69. The van der Waals surface area contributed by atoms with E-state index in [1.54, 1.807) is 0 Å². The highest BCUT2D eigenvalue weighted by Gasteiger charge is 2.10. The Balaban J connectivity index is 2.31. The molecule has 0 bridgehead atoms. The number of urea groups is 1. The number of hydrogen-bond acceptors (Lipinski definition) is 3. The van der Waals surface area contributed by atoms with Gasteiger partial charge < -0.3 is 20.5 Å². The molecule has 20 heavy (non-hydrogen) atoms. The number of halogens is 1. The van der Waals surface area contributed by atoms with Crippen molar-refractivity contribution in [3.8, 4) is 0 Å². The van der Waals surface area contributed by atoms with Crippen LogP contribution in [0.1, 0.15) is 12.5 Å². The number of hydrogen-bond donors (Lipinski definition) is 3. The largest absolute Gasteiger partial charge is 0.389 e. The molecule has 1 unspecified atom stereocenters. The predicted octanol–water partition coefficient (Wildman–Crippen LogP) is 1.69. The molecular formula is C14H21BrN2O3. The van der Waals surface area contributed by atoms with Crippen LogP contribution in [0, 0.1) is 0 Å². The fourth-order valence-corrected chi connectivity index (χ4v) is 2.25. The van der Waals surface area contributed by atoms with Crippen LogP contribution in [0.3, 0.4) is 0 Å². The number of carbonyl (C=O) groups is 1. The lowest BCUT2D eigenvalue weighted by molar-refractivity contribution is 0.0659. The fraction of sp³-hybridized carbons (Fsp3) is 0.500. The van der Waals surface area contributed by atoms with E-state index in [9.17, 15) is 9.90 Å². The van der Waals surface area contributed by atoms with Crippen molar-refractivity contribution in [3.05, 3.63) is 34.3 Å². The molecule has 5 nitrogen and oxygen atoms in total. The zero-order chi connectivity index (χ0) is 15.0. The first-order valence-electron chi connectivity index (χ1n) is 6.47. The molecule has 0 spiro atoms. The highest BCUT2D eigenvalue weighted by molar-refractivity contribution is 9.10. The number of amides is 2. The molecule has 1 aromatic carbocycles. The molecule has 0 aliphatic rings. The predicted molar refractivity (Wildman–Crippen MR) is 81.7 cm³/mol. The molecule has 0 radical (unpaired) electrons. The average Bonchev–Trinajstić information content (AvgIpc) is 2.36. The van der Waals surface area contributed by atoms with Crippen LogP contribution in [0.4, 0.5) is 4.79 Å². The standard InChI is InChI=1S/C14H21BrN2O3/c1-10(6-11-4-3-5-12(15)7-11)17-14(19)16-8-13(18)9-20-2/h3-5,7,10,13,18H,6,8-9H2,1-2H3,(H2,16,17,19)/t10?,13-/m0/s1. The van der Waals surface area contributed by atoms with Gasteiger partial charge in [-0.3, -0.25) is 0 Å². The van der Waals surface area contributed by atoms with Gasteiger partial charge in [0.2, 0.25) is 0 Å². The smallest absolute Gasteiger partial charge is 0.315 e. The van der Waals surface area contributed by atoms with Crippen LogP contribution in [0.15, 0.2) is 28.7 Å². The number of rotatable bonds is 7. The highest BCUT2D eigenvalue weighted by atomic mass is 79.9. The summed E-state index contributed by atoms with van der Waals surface area (Å²) in [5, 5.41) is 14.9. The van der Waals surface area contributed by atoms with Gasteiger partial charge in [-0.1, -0.05) is 28.1 Å². The summed E-state index contributed by atoms with van der Waals surface area (Å²) >= 11 is 3.42. The molecule has 0 aromatic heterocycles. The van der Waals surface area contributed by atoms with Crippen molar-refractivity contribution in [2.24, 2.45) is 0 Å². The first kappa shape index (κ1) is 16.9. The summed E-state index contributed by atoms with van der Waals surface area (Å²) in [6.45, 7) is 2.31. The number of methoxy groups -OCH3 is 1. The molecule has 1 aromatic rings. The Hall–Kier alpha value is -1.11. The third-order valence-corrected chi connectivity index (χ3v) is 3.16. The number of benzene rings is 1. The number of carbonyl (C=O) groups excluding carboxylic acids is 1. The summed E-state index contributed by atoms with van der Waals surface area (Å²) in [6.07, 6.45) is 0.0548. The molecule has 2 amide bonds. The lowest BCUT2D eigenvalue weighted by atomic mass is 10.1. The number of nitrogens with one attached hydrogen (secondary N) is 2. The van der Waals surface area contributed by atoms with E-state index in [2.05, 4.69) is 26.6 Å². The van der Waals surface area contributed by atoms with E-state index in [1.807, 2.05) is 31.2 Å². The van der Waals surface area contributed by atoms with Crippen molar-refractivity contribution in [1.29, 1.82) is 0 Å². The molecule has 6 heteroatoms. The molecule has 3 N–H and O–H groups in total. The van der Waals surface area contributed by atoms with E-state index in [0.29, 0.717) is 0 Å². The van der Waals surface area contributed by atoms with Crippen molar-refractivity contribution in [2.45, 2.75) is 25.5 Å². The quantitative estimate of drug-likeness (QED) is 0.704. The Morgan fingerprint density at radius 1 is 1.50 bits per heavy atom. The van der Waals surface area contributed by atoms with Crippen molar-refractivity contribution in [1.82, 2.24) is 10.6 Å².